The van der Waals surface area contributed by atoms with Crippen LogP contribution in [0.4, 0.5) is 16.2 Å². The summed E-state index contributed by atoms with van der Waals surface area (Å²) in [6, 6.07) is 0. The number of ether oxygens (including phenoxy) is 1. The van der Waals surface area contributed by atoms with Crippen LogP contribution in [0.3, 0.4) is 0 Å². The second kappa shape index (κ2) is 5.81. The highest BCUT2D eigenvalue weighted by Crippen LogP contribution is 2.10. The molecule has 0 aliphatic heterocycles. The van der Waals surface area contributed by atoms with Crippen LogP contribution in [-0.2, 0) is 9.53 Å². The van der Waals surface area contributed by atoms with E-state index < -0.39 is 11.8 Å². The van der Waals surface area contributed by atoms with Crippen molar-refractivity contribution in [3.8, 4) is 0 Å². The number of nitrogen functional groups attached to an aromatic ring is 1. The smallest absolute Gasteiger partial charge is 0.325 e. The van der Waals surface area contributed by atoms with Gasteiger partial charge in [0.2, 0.25) is 5.95 Å². The summed E-state index contributed by atoms with van der Waals surface area (Å²) in [6.07, 6.45) is 0.940. The van der Waals surface area contributed by atoms with Gasteiger partial charge in [0.1, 0.15) is 6.54 Å². The zero-order chi connectivity index (χ0) is 12.0. The third-order valence-electron chi connectivity index (χ3n) is 1.58. The largest absolute Gasteiger partial charge is 0.465 e. The summed E-state index contributed by atoms with van der Waals surface area (Å²) in [5, 5.41) is 2.48. The summed E-state index contributed by atoms with van der Waals surface area (Å²) in [5.41, 5.74) is 2.16. The summed E-state index contributed by atoms with van der Waals surface area (Å²) < 4.78 is 17.8. The molecule has 1 aromatic heterocycles. The van der Waals surface area contributed by atoms with E-state index in [2.05, 4.69) is 25.4 Å². The zero-order valence-corrected chi connectivity index (χ0v) is 8.66. The summed E-state index contributed by atoms with van der Waals surface area (Å²) >= 11 is 0. The monoisotopic (exact) mass is 229 g/mol. The highest BCUT2D eigenvalue weighted by atomic mass is 19.1. The van der Waals surface area contributed by atoms with E-state index in [-0.39, 0.29) is 24.9 Å². The van der Waals surface area contributed by atoms with Crippen LogP contribution < -0.4 is 16.6 Å². The maximum absolute atomic E-state index is 13.1. The van der Waals surface area contributed by atoms with Gasteiger partial charge in [-0.05, 0) is 6.92 Å². The predicted molar refractivity (Wildman–Crippen MR) is 54.9 cm³/mol. The van der Waals surface area contributed by atoms with Crippen molar-refractivity contribution in [2.75, 3.05) is 23.9 Å². The second-order valence-electron chi connectivity index (χ2n) is 2.69. The van der Waals surface area contributed by atoms with Gasteiger partial charge in [0, 0.05) is 0 Å². The minimum atomic E-state index is -0.678. The number of hydrogen-bond acceptors (Lipinski definition) is 7. The molecule has 0 bridgehead atoms. The molecule has 0 amide bonds. The molecule has 1 rings (SSSR count). The summed E-state index contributed by atoms with van der Waals surface area (Å²) in [7, 11) is 0. The van der Waals surface area contributed by atoms with Crippen LogP contribution in [0.2, 0.25) is 0 Å². The maximum Gasteiger partial charge on any atom is 0.325 e. The number of nitrogens with one attached hydrogen (secondary N) is 2. The maximum atomic E-state index is 13.1. The second-order valence-corrected chi connectivity index (χ2v) is 2.69. The average Bonchev–Trinajstić information content (AvgIpc) is 2.28. The molecule has 1 aromatic rings. The Hall–Kier alpha value is -1.96. The zero-order valence-electron chi connectivity index (χ0n) is 8.66. The van der Waals surface area contributed by atoms with E-state index in [9.17, 15) is 9.18 Å². The van der Waals surface area contributed by atoms with Crippen LogP contribution in [0, 0.1) is 5.82 Å². The minimum absolute atomic E-state index is 0.0489. The fourth-order valence-corrected chi connectivity index (χ4v) is 0.929. The van der Waals surface area contributed by atoms with E-state index >= 15 is 0 Å². The van der Waals surface area contributed by atoms with Gasteiger partial charge in [0.15, 0.2) is 11.6 Å². The Bertz CT molecular complexity index is 373. The minimum Gasteiger partial charge on any atom is -0.465 e. The van der Waals surface area contributed by atoms with Gasteiger partial charge >= 0.3 is 5.97 Å². The Balaban J connectivity index is 2.62. The number of esters is 1. The molecule has 0 aliphatic rings. The van der Waals surface area contributed by atoms with Crippen LogP contribution >= 0.6 is 0 Å². The van der Waals surface area contributed by atoms with Crippen molar-refractivity contribution in [2.45, 2.75) is 6.92 Å². The quantitative estimate of drug-likeness (QED) is 0.367. The first kappa shape index (κ1) is 12.1. The molecule has 0 saturated carbocycles. The van der Waals surface area contributed by atoms with Crippen LogP contribution in [-0.4, -0.2) is 29.1 Å². The lowest BCUT2D eigenvalue weighted by Crippen LogP contribution is -2.19. The summed E-state index contributed by atoms with van der Waals surface area (Å²) in [4.78, 5) is 18.2. The first-order chi connectivity index (χ1) is 7.67. The fourth-order valence-electron chi connectivity index (χ4n) is 0.929. The van der Waals surface area contributed by atoms with Gasteiger partial charge in [0.25, 0.3) is 0 Å². The van der Waals surface area contributed by atoms with Gasteiger partial charge < -0.3 is 10.1 Å². The topological polar surface area (TPSA) is 102 Å². The van der Waals surface area contributed by atoms with Crippen molar-refractivity contribution in [3.05, 3.63) is 12.0 Å². The van der Waals surface area contributed by atoms with Crippen molar-refractivity contribution in [1.82, 2.24) is 9.97 Å². The standard InChI is InChI=1S/C8H12FN5O2/c1-2-16-6(15)4-11-7-5(9)3-12-8(13-7)14-10/h3H,2,4,10H2,1H3,(H2,11,12,13,14). The van der Waals surface area contributed by atoms with Gasteiger partial charge in [-0.15, -0.1) is 0 Å². The number of nitrogens with two attached hydrogens (primary N) is 1. The number of rotatable bonds is 5. The molecule has 7 nitrogen and oxygen atoms in total. The number of nitrogens with zero attached hydrogens (tertiary/aromatic N) is 2. The molecule has 0 spiro atoms. The van der Waals surface area contributed by atoms with Gasteiger partial charge in [0.05, 0.1) is 12.8 Å². The van der Waals surface area contributed by atoms with Crippen molar-refractivity contribution in [3.63, 3.8) is 0 Å². The van der Waals surface area contributed by atoms with Crippen LogP contribution in [0.25, 0.3) is 0 Å². The molecule has 16 heavy (non-hydrogen) atoms. The predicted octanol–water partition coefficient (Wildman–Crippen LogP) is -0.124. The molecular formula is C8H12FN5O2. The lowest BCUT2D eigenvalue weighted by Gasteiger charge is -2.07. The number of hydrogen-bond donors (Lipinski definition) is 3. The van der Waals surface area contributed by atoms with Crippen LogP contribution in [0.1, 0.15) is 6.92 Å². The van der Waals surface area contributed by atoms with E-state index in [0.29, 0.717) is 0 Å². The lowest BCUT2D eigenvalue weighted by molar-refractivity contribution is -0.140. The van der Waals surface area contributed by atoms with Gasteiger partial charge in [-0.2, -0.15) is 4.98 Å². The Labute approximate surface area is 91.2 Å². The van der Waals surface area contributed by atoms with Crippen molar-refractivity contribution in [2.24, 2.45) is 5.84 Å². The van der Waals surface area contributed by atoms with E-state index in [1.165, 1.54) is 0 Å². The number of halogens is 1. The molecule has 0 unspecified atom stereocenters. The highest BCUT2D eigenvalue weighted by molar-refractivity contribution is 5.74. The molecule has 0 aliphatic carbocycles. The molecule has 0 saturated heterocycles. The highest BCUT2D eigenvalue weighted by Gasteiger charge is 2.08. The number of aromatic nitrogens is 2. The van der Waals surface area contributed by atoms with E-state index in [1.807, 2.05) is 0 Å². The fraction of sp³-hybridized carbons (Fsp3) is 0.375. The number of carbonyl (C=O) groups excluding carboxylic acids is 1. The Morgan fingerprint density at radius 3 is 3.06 bits per heavy atom. The molecule has 4 N–H and O–H groups in total. The Kier molecular flexibility index (Phi) is 4.40. The van der Waals surface area contributed by atoms with Crippen molar-refractivity contribution in [1.29, 1.82) is 0 Å². The first-order valence-corrected chi connectivity index (χ1v) is 4.56. The normalized spacial score (nSPS) is 9.69. The first-order valence-electron chi connectivity index (χ1n) is 4.56. The summed E-state index contributed by atoms with van der Waals surface area (Å²) in [6.45, 7) is 1.77. The molecule has 0 radical (unpaired) electrons. The lowest BCUT2D eigenvalue weighted by atomic mass is 10.5. The summed E-state index contributed by atoms with van der Waals surface area (Å²) in [5.74, 6) is 3.81. The SMILES string of the molecule is CCOC(=O)CNc1nc(NN)ncc1F. The molecular weight excluding hydrogens is 217 g/mol. The van der Waals surface area contributed by atoms with Crippen molar-refractivity contribution >= 4 is 17.7 Å². The Morgan fingerprint density at radius 1 is 1.69 bits per heavy atom. The molecule has 1 heterocycles. The van der Waals surface area contributed by atoms with Crippen LogP contribution in [0.15, 0.2) is 6.20 Å². The van der Waals surface area contributed by atoms with E-state index in [4.69, 9.17) is 5.84 Å². The molecule has 0 aromatic carbocycles. The molecule has 0 fully saturated rings. The average molecular weight is 229 g/mol. The third-order valence-corrected chi connectivity index (χ3v) is 1.58. The van der Waals surface area contributed by atoms with Crippen LogP contribution in [0.5, 0.6) is 0 Å². The van der Waals surface area contributed by atoms with Gasteiger partial charge in [-0.3, -0.25) is 10.2 Å². The van der Waals surface area contributed by atoms with E-state index in [1.54, 1.807) is 6.92 Å². The van der Waals surface area contributed by atoms with E-state index in [0.717, 1.165) is 6.20 Å². The van der Waals surface area contributed by atoms with Crippen molar-refractivity contribution < 1.29 is 13.9 Å². The van der Waals surface area contributed by atoms with Gasteiger partial charge in [-0.1, -0.05) is 0 Å². The number of carbonyl (C=O) groups is 1. The molecule has 8 heteroatoms. The molecule has 88 valence electrons. The number of anilines is 2. The molecule has 0 atom stereocenters. The number of hydrazine groups is 1. The third kappa shape index (κ3) is 3.31. The van der Waals surface area contributed by atoms with Gasteiger partial charge in [-0.25, -0.2) is 15.2 Å². The Morgan fingerprint density at radius 2 is 2.44 bits per heavy atom.